The Bertz CT molecular complexity index is 1460. The van der Waals surface area contributed by atoms with E-state index in [1.54, 1.807) is 4.90 Å². The Kier molecular flexibility index (Phi) is 7.33. The van der Waals surface area contributed by atoms with Crippen LogP contribution in [0.2, 0.25) is 0 Å². The first-order valence-electron chi connectivity index (χ1n) is 12.6. The van der Waals surface area contributed by atoms with E-state index in [-0.39, 0.29) is 11.8 Å². The lowest BCUT2D eigenvalue weighted by Gasteiger charge is -2.25. The Hall–Kier alpha value is -4.68. The van der Waals surface area contributed by atoms with Crippen molar-refractivity contribution in [2.45, 2.75) is 0 Å². The minimum atomic E-state index is -0.141. The summed E-state index contributed by atoms with van der Waals surface area (Å²) in [5.41, 5.74) is 6.17. The van der Waals surface area contributed by atoms with Crippen LogP contribution >= 0.6 is 0 Å². The summed E-state index contributed by atoms with van der Waals surface area (Å²) in [7, 11) is 3.99. The molecule has 2 N–H and O–H groups in total. The Balaban J connectivity index is 1.48. The normalized spacial score (nSPS) is 13.6. The highest BCUT2D eigenvalue weighted by Crippen LogP contribution is 2.37. The Morgan fingerprint density at radius 1 is 0.737 bits per heavy atom. The zero-order valence-corrected chi connectivity index (χ0v) is 21.5. The number of nitrogens with zero attached hydrogens (tertiary/aromatic N) is 2. The van der Waals surface area contributed by atoms with E-state index in [4.69, 9.17) is 0 Å². The van der Waals surface area contributed by atoms with Gasteiger partial charge in [0.05, 0.1) is 11.3 Å². The van der Waals surface area contributed by atoms with Gasteiger partial charge in [-0.2, -0.15) is 0 Å². The fraction of sp³-hybridized carbons (Fsp3) is 0.125. The molecule has 5 rings (SSSR count). The van der Waals surface area contributed by atoms with Crippen LogP contribution in [-0.4, -0.2) is 43.9 Å². The van der Waals surface area contributed by atoms with E-state index in [1.165, 1.54) is 0 Å². The fourth-order valence-corrected chi connectivity index (χ4v) is 4.50. The van der Waals surface area contributed by atoms with Crippen LogP contribution in [0.15, 0.2) is 109 Å². The molecular formula is C32H30N4O2. The summed E-state index contributed by atoms with van der Waals surface area (Å²) in [6.07, 6.45) is 0. The van der Waals surface area contributed by atoms with Crippen molar-refractivity contribution in [3.05, 3.63) is 126 Å². The van der Waals surface area contributed by atoms with Crippen LogP contribution in [0.3, 0.4) is 0 Å². The molecular weight excluding hydrogens is 472 g/mol. The summed E-state index contributed by atoms with van der Waals surface area (Å²) in [5, 5.41) is 6.47. The van der Waals surface area contributed by atoms with Crippen molar-refractivity contribution in [2.24, 2.45) is 0 Å². The number of anilines is 3. The summed E-state index contributed by atoms with van der Waals surface area (Å²) >= 11 is 0. The number of hydrogen-bond donors (Lipinski definition) is 2. The van der Waals surface area contributed by atoms with E-state index in [2.05, 4.69) is 15.5 Å². The van der Waals surface area contributed by atoms with E-state index in [9.17, 15) is 9.59 Å². The standard InChI is InChI=1S/C32H30N4O2/c1-35(2)21-22-36(32(38)24-13-7-4-8-14-24)26-19-17-25(18-20-26)33-30(23-11-5-3-6-12-23)29-27-15-9-10-16-28(27)34-31(29)37/h3-20,33H,21-22H2,1-2H3,(H,34,37). The molecule has 190 valence electrons. The lowest BCUT2D eigenvalue weighted by Crippen LogP contribution is -2.36. The maximum Gasteiger partial charge on any atom is 0.258 e. The van der Waals surface area contributed by atoms with E-state index in [0.29, 0.717) is 17.7 Å². The summed E-state index contributed by atoms with van der Waals surface area (Å²) in [4.78, 5) is 30.3. The van der Waals surface area contributed by atoms with E-state index in [0.717, 1.165) is 40.4 Å². The Morgan fingerprint density at radius 2 is 1.34 bits per heavy atom. The van der Waals surface area contributed by atoms with E-state index < -0.39 is 0 Å². The smallest absolute Gasteiger partial charge is 0.258 e. The van der Waals surface area contributed by atoms with Gasteiger partial charge in [0.1, 0.15) is 0 Å². The monoisotopic (exact) mass is 502 g/mol. The molecule has 0 saturated carbocycles. The molecule has 4 aromatic carbocycles. The molecule has 4 aromatic rings. The largest absolute Gasteiger partial charge is 0.354 e. The van der Waals surface area contributed by atoms with Gasteiger partial charge in [-0.1, -0.05) is 66.7 Å². The Morgan fingerprint density at radius 3 is 2.00 bits per heavy atom. The van der Waals surface area contributed by atoms with Crippen molar-refractivity contribution in [2.75, 3.05) is 42.7 Å². The lowest BCUT2D eigenvalue weighted by atomic mass is 10.00. The molecule has 38 heavy (non-hydrogen) atoms. The SMILES string of the molecule is CN(C)CCN(C(=O)c1ccccc1)c1ccc(NC(=C2C(=O)Nc3ccccc32)c2ccccc2)cc1. The van der Waals surface area contributed by atoms with Gasteiger partial charge in [0.15, 0.2) is 0 Å². The molecule has 0 bridgehead atoms. The number of likely N-dealkylation sites (N-methyl/N-ethyl adjacent to an activating group) is 1. The number of hydrogen-bond acceptors (Lipinski definition) is 4. The first-order valence-corrected chi connectivity index (χ1v) is 12.6. The average Bonchev–Trinajstić information content (AvgIpc) is 3.28. The van der Waals surface area contributed by atoms with Crippen molar-refractivity contribution in [1.82, 2.24) is 4.90 Å². The Labute approximate surface area is 223 Å². The molecule has 2 amide bonds. The van der Waals surface area contributed by atoms with Crippen molar-refractivity contribution >= 4 is 40.1 Å². The topological polar surface area (TPSA) is 64.7 Å². The molecule has 1 aliphatic heterocycles. The zero-order chi connectivity index (χ0) is 26.5. The number of amides is 2. The lowest BCUT2D eigenvalue weighted by molar-refractivity contribution is -0.110. The van der Waals surface area contributed by atoms with Crippen LogP contribution in [-0.2, 0) is 4.79 Å². The average molecular weight is 503 g/mol. The molecule has 0 aromatic heterocycles. The molecule has 0 radical (unpaired) electrons. The van der Waals surface area contributed by atoms with Crippen LogP contribution in [0.5, 0.6) is 0 Å². The molecule has 0 spiro atoms. The second-order valence-electron chi connectivity index (χ2n) is 9.41. The third-order valence-electron chi connectivity index (χ3n) is 6.47. The molecule has 0 saturated heterocycles. The molecule has 0 fully saturated rings. The highest BCUT2D eigenvalue weighted by Gasteiger charge is 2.28. The van der Waals surface area contributed by atoms with Crippen LogP contribution < -0.4 is 15.5 Å². The number of benzene rings is 4. The van der Waals surface area contributed by atoms with Gasteiger partial charge in [0.25, 0.3) is 11.8 Å². The highest BCUT2D eigenvalue weighted by atomic mass is 16.2. The van der Waals surface area contributed by atoms with Crippen LogP contribution in [0.25, 0.3) is 11.3 Å². The van der Waals surface area contributed by atoms with Crippen LogP contribution in [0.1, 0.15) is 21.5 Å². The number of fused-ring (bicyclic) bond motifs is 1. The van der Waals surface area contributed by atoms with Gasteiger partial charge in [-0.05, 0) is 62.1 Å². The zero-order valence-electron chi connectivity index (χ0n) is 21.5. The number of rotatable bonds is 8. The number of carbonyl (C=O) groups is 2. The molecule has 0 unspecified atom stereocenters. The van der Waals surface area contributed by atoms with Gasteiger partial charge in [0.2, 0.25) is 0 Å². The van der Waals surface area contributed by atoms with Gasteiger partial charge in [-0.3, -0.25) is 9.59 Å². The molecule has 0 atom stereocenters. The quantitative estimate of drug-likeness (QED) is 0.298. The van der Waals surface area contributed by atoms with Crippen molar-refractivity contribution in [3.8, 4) is 0 Å². The van der Waals surface area contributed by atoms with Gasteiger partial charge < -0.3 is 20.4 Å². The van der Waals surface area contributed by atoms with E-state index >= 15 is 0 Å². The maximum atomic E-state index is 13.4. The van der Waals surface area contributed by atoms with Gasteiger partial charge >= 0.3 is 0 Å². The van der Waals surface area contributed by atoms with E-state index in [1.807, 2.05) is 123 Å². The van der Waals surface area contributed by atoms with Crippen LogP contribution in [0.4, 0.5) is 17.1 Å². The first kappa shape index (κ1) is 25.0. The maximum absolute atomic E-state index is 13.4. The second kappa shape index (κ2) is 11.2. The first-order chi connectivity index (χ1) is 18.5. The molecule has 6 nitrogen and oxygen atoms in total. The molecule has 6 heteroatoms. The predicted molar refractivity (Wildman–Crippen MR) is 155 cm³/mol. The number of nitrogens with one attached hydrogen (secondary N) is 2. The molecule has 1 heterocycles. The van der Waals surface area contributed by atoms with Crippen molar-refractivity contribution in [1.29, 1.82) is 0 Å². The minimum Gasteiger partial charge on any atom is -0.354 e. The van der Waals surface area contributed by atoms with Gasteiger partial charge in [0, 0.05) is 41.3 Å². The van der Waals surface area contributed by atoms with Crippen LogP contribution in [0, 0.1) is 0 Å². The summed E-state index contributed by atoms with van der Waals surface area (Å²) in [6.45, 7) is 1.29. The van der Waals surface area contributed by atoms with Gasteiger partial charge in [-0.15, -0.1) is 0 Å². The number of carbonyl (C=O) groups excluding carboxylic acids is 2. The molecule has 0 aliphatic carbocycles. The second-order valence-corrected chi connectivity index (χ2v) is 9.41. The predicted octanol–water partition coefficient (Wildman–Crippen LogP) is 5.83. The van der Waals surface area contributed by atoms with Crippen molar-refractivity contribution in [3.63, 3.8) is 0 Å². The minimum absolute atomic E-state index is 0.0421. The third-order valence-corrected chi connectivity index (χ3v) is 6.47. The number of para-hydroxylation sites is 1. The molecule has 1 aliphatic rings. The van der Waals surface area contributed by atoms with Crippen molar-refractivity contribution < 1.29 is 9.59 Å². The summed E-state index contributed by atoms with van der Waals surface area (Å²) < 4.78 is 0. The third kappa shape index (κ3) is 5.36. The fourth-order valence-electron chi connectivity index (χ4n) is 4.50. The summed E-state index contributed by atoms with van der Waals surface area (Å²) in [5.74, 6) is -0.183. The summed E-state index contributed by atoms with van der Waals surface area (Å²) in [6, 6.07) is 34.6. The highest BCUT2D eigenvalue weighted by molar-refractivity contribution is 6.37. The van der Waals surface area contributed by atoms with Gasteiger partial charge in [-0.25, -0.2) is 0 Å².